The van der Waals surface area contributed by atoms with Crippen molar-refractivity contribution in [2.24, 2.45) is 0 Å². The van der Waals surface area contributed by atoms with Crippen LogP contribution in [0.25, 0.3) is 0 Å². The van der Waals surface area contributed by atoms with Crippen LogP contribution in [0.4, 0.5) is 14.4 Å². The zero-order valence-electron chi connectivity index (χ0n) is 10.8. The van der Waals surface area contributed by atoms with Crippen LogP contribution in [-0.4, -0.2) is 68.4 Å². The molecule has 0 aliphatic carbocycles. The highest BCUT2D eigenvalue weighted by molar-refractivity contribution is 5.82. The number of hydrogen-bond acceptors (Lipinski definition) is 3. The van der Waals surface area contributed by atoms with Crippen LogP contribution < -0.4 is 21.3 Å². The summed E-state index contributed by atoms with van der Waals surface area (Å²) in [6.07, 6.45) is -1.28. The van der Waals surface area contributed by atoms with E-state index in [2.05, 4.69) is 21.3 Å². The zero-order valence-corrected chi connectivity index (χ0v) is 10.8. The molecule has 0 radical (unpaired) electrons. The van der Waals surface area contributed by atoms with Crippen molar-refractivity contribution in [2.75, 3.05) is 28.2 Å². The molecule has 0 spiro atoms. The molecule has 0 bridgehead atoms. The second-order valence-corrected chi connectivity index (χ2v) is 3.84. The molecule has 9 nitrogen and oxygen atoms in total. The van der Waals surface area contributed by atoms with Crippen LogP contribution in [-0.2, 0) is 0 Å². The van der Waals surface area contributed by atoms with Gasteiger partial charge in [0.25, 0.3) is 0 Å². The van der Waals surface area contributed by atoms with Gasteiger partial charge < -0.3 is 31.1 Å². The molecule has 102 valence electrons. The average molecular weight is 258 g/mol. The molecular weight excluding hydrogens is 240 g/mol. The first-order valence-corrected chi connectivity index (χ1v) is 5.38. The van der Waals surface area contributed by atoms with E-state index in [0.29, 0.717) is 0 Å². The number of hydrogen-bond donors (Lipinski definition) is 4. The van der Waals surface area contributed by atoms with Crippen LogP contribution in [0.3, 0.4) is 0 Å². The lowest BCUT2D eigenvalue weighted by Gasteiger charge is -2.26. The lowest BCUT2D eigenvalue weighted by Crippen LogP contribution is -2.58. The number of rotatable bonds is 2. The minimum absolute atomic E-state index is 0.294. The Balaban J connectivity index is 2.84. The summed E-state index contributed by atoms with van der Waals surface area (Å²) in [5, 5.41) is 9.97. The lowest BCUT2D eigenvalue weighted by molar-refractivity contribution is 0.195. The van der Waals surface area contributed by atoms with E-state index < -0.39 is 24.4 Å². The molecule has 1 aliphatic heterocycles. The van der Waals surface area contributed by atoms with E-state index in [0.717, 1.165) is 0 Å². The Morgan fingerprint density at radius 1 is 0.944 bits per heavy atom. The molecule has 4 N–H and O–H groups in total. The van der Waals surface area contributed by atoms with E-state index in [1.807, 2.05) is 0 Å². The molecule has 2 atom stereocenters. The topological polar surface area (TPSA) is 106 Å². The fourth-order valence-corrected chi connectivity index (χ4v) is 1.67. The van der Waals surface area contributed by atoms with Crippen molar-refractivity contribution in [1.29, 1.82) is 0 Å². The Hall–Kier alpha value is -2.19. The number of likely N-dealkylation sites (N-methyl/N-ethyl adjacent to an activating group) is 2. The normalized spacial score (nSPS) is 22.8. The third-order valence-corrected chi connectivity index (χ3v) is 2.75. The first-order valence-electron chi connectivity index (χ1n) is 5.38. The summed E-state index contributed by atoms with van der Waals surface area (Å²) in [6.45, 7) is 0. The average Bonchev–Trinajstić information content (AvgIpc) is 2.56. The summed E-state index contributed by atoms with van der Waals surface area (Å²) in [4.78, 5) is 37.1. The Morgan fingerprint density at radius 2 is 1.28 bits per heavy atom. The maximum Gasteiger partial charge on any atom is 0.323 e. The van der Waals surface area contributed by atoms with E-state index in [9.17, 15) is 14.4 Å². The largest absolute Gasteiger partial charge is 0.341 e. The van der Waals surface area contributed by atoms with E-state index in [4.69, 9.17) is 0 Å². The molecule has 0 aromatic carbocycles. The summed E-state index contributed by atoms with van der Waals surface area (Å²) in [6, 6.07) is -1.16. The van der Waals surface area contributed by atoms with Crippen molar-refractivity contribution in [1.82, 2.24) is 31.1 Å². The minimum Gasteiger partial charge on any atom is -0.341 e. The third-order valence-electron chi connectivity index (χ3n) is 2.75. The molecule has 1 fully saturated rings. The number of amides is 6. The molecule has 1 heterocycles. The zero-order chi connectivity index (χ0) is 13.9. The van der Waals surface area contributed by atoms with E-state index in [1.54, 1.807) is 14.1 Å². The van der Waals surface area contributed by atoms with Gasteiger partial charge in [-0.15, -0.1) is 0 Å². The SMILES string of the molecule is CNC(=O)N[C@@H]1[C@@H](NC(=O)NC)N(C)C(=O)N1C. The monoisotopic (exact) mass is 258 g/mol. The Kier molecular flexibility index (Phi) is 4.18. The molecule has 0 saturated carbocycles. The Bertz CT molecular complexity index is 328. The first kappa shape index (κ1) is 13.9. The molecule has 9 heteroatoms. The van der Waals surface area contributed by atoms with E-state index in [-0.39, 0.29) is 6.03 Å². The lowest BCUT2D eigenvalue weighted by atomic mass is 10.3. The number of nitrogens with zero attached hydrogens (tertiary/aromatic N) is 2. The van der Waals surface area contributed by atoms with Crippen LogP contribution in [0.15, 0.2) is 0 Å². The third kappa shape index (κ3) is 2.55. The van der Waals surface area contributed by atoms with Gasteiger partial charge in [0.2, 0.25) is 0 Å². The van der Waals surface area contributed by atoms with E-state index in [1.165, 1.54) is 23.9 Å². The second-order valence-electron chi connectivity index (χ2n) is 3.84. The van der Waals surface area contributed by atoms with Gasteiger partial charge in [0.1, 0.15) is 12.3 Å². The first-order chi connectivity index (χ1) is 8.42. The molecule has 1 saturated heterocycles. The van der Waals surface area contributed by atoms with Gasteiger partial charge in [-0.05, 0) is 0 Å². The number of nitrogens with one attached hydrogen (secondary N) is 4. The van der Waals surface area contributed by atoms with Gasteiger partial charge in [0, 0.05) is 28.2 Å². The highest BCUT2D eigenvalue weighted by Gasteiger charge is 2.43. The standard InChI is InChI=1S/C9H18N6O3/c1-10-7(16)12-5-6(13-8(17)11-2)15(4)9(18)14(5)3/h5-6H,1-4H3,(H2,10,12,16)(H2,11,13,17)/t5-,6-/m0/s1. The summed E-state index contributed by atoms with van der Waals surface area (Å²) in [7, 11) is 6.03. The van der Waals surface area contributed by atoms with Gasteiger partial charge in [-0.2, -0.15) is 0 Å². The predicted octanol–water partition coefficient (Wildman–Crippen LogP) is -1.51. The molecule has 1 aliphatic rings. The van der Waals surface area contributed by atoms with Crippen molar-refractivity contribution in [3.63, 3.8) is 0 Å². The van der Waals surface area contributed by atoms with Crippen LogP contribution in [0, 0.1) is 0 Å². The summed E-state index contributed by atoms with van der Waals surface area (Å²) < 4.78 is 0. The number of carbonyl (C=O) groups excluding carboxylic acids is 3. The molecule has 0 aromatic heterocycles. The van der Waals surface area contributed by atoms with E-state index >= 15 is 0 Å². The van der Waals surface area contributed by atoms with Crippen LogP contribution in [0.5, 0.6) is 0 Å². The summed E-state index contributed by atoms with van der Waals surface area (Å²) in [5.74, 6) is 0. The quantitative estimate of drug-likeness (QED) is 0.484. The number of urea groups is 3. The van der Waals surface area contributed by atoms with Gasteiger partial charge in [-0.1, -0.05) is 0 Å². The maximum atomic E-state index is 11.8. The smallest absolute Gasteiger partial charge is 0.323 e. The van der Waals surface area contributed by atoms with Crippen LogP contribution in [0.1, 0.15) is 0 Å². The highest BCUT2D eigenvalue weighted by Crippen LogP contribution is 2.15. The summed E-state index contributed by atoms with van der Waals surface area (Å²) >= 11 is 0. The fourth-order valence-electron chi connectivity index (χ4n) is 1.67. The second kappa shape index (κ2) is 5.43. The maximum absolute atomic E-state index is 11.8. The van der Waals surface area contributed by atoms with Crippen LogP contribution in [0.2, 0.25) is 0 Å². The van der Waals surface area contributed by atoms with Gasteiger partial charge in [-0.3, -0.25) is 0 Å². The van der Waals surface area contributed by atoms with Crippen molar-refractivity contribution in [3.8, 4) is 0 Å². The molecule has 1 rings (SSSR count). The fraction of sp³-hybridized carbons (Fsp3) is 0.667. The molecule has 0 aromatic rings. The molecular formula is C9H18N6O3. The number of carbonyl (C=O) groups is 3. The minimum atomic E-state index is -0.639. The van der Waals surface area contributed by atoms with Crippen molar-refractivity contribution in [3.05, 3.63) is 0 Å². The highest BCUT2D eigenvalue weighted by atomic mass is 16.2. The van der Waals surface area contributed by atoms with Crippen molar-refractivity contribution >= 4 is 18.1 Å². The Labute approximate surface area is 105 Å². The van der Waals surface area contributed by atoms with Gasteiger partial charge >= 0.3 is 18.1 Å². The molecule has 6 amide bonds. The van der Waals surface area contributed by atoms with Crippen molar-refractivity contribution in [2.45, 2.75) is 12.3 Å². The molecule has 18 heavy (non-hydrogen) atoms. The summed E-state index contributed by atoms with van der Waals surface area (Å²) in [5.41, 5.74) is 0. The van der Waals surface area contributed by atoms with Gasteiger partial charge in [0.15, 0.2) is 0 Å². The van der Waals surface area contributed by atoms with Gasteiger partial charge in [-0.25, -0.2) is 14.4 Å². The predicted molar refractivity (Wildman–Crippen MR) is 63.7 cm³/mol. The van der Waals surface area contributed by atoms with Crippen LogP contribution >= 0.6 is 0 Å². The van der Waals surface area contributed by atoms with Crippen molar-refractivity contribution < 1.29 is 14.4 Å². The Morgan fingerprint density at radius 3 is 1.56 bits per heavy atom. The van der Waals surface area contributed by atoms with Gasteiger partial charge in [0.05, 0.1) is 0 Å². The molecule has 0 unspecified atom stereocenters.